The maximum atomic E-state index is 13.3. The maximum Gasteiger partial charge on any atom is 0.262 e. The fraction of sp³-hybridized carbons (Fsp3) is 0.417. The van der Waals surface area contributed by atoms with Crippen LogP contribution in [0, 0.1) is 12.8 Å². The Bertz CT molecular complexity index is 1190. The van der Waals surface area contributed by atoms with Crippen molar-refractivity contribution in [3.05, 3.63) is 47.5 Å². The first kappa shape index (κ1) is 24.0. The van der Waals surface area contributed by atoms with Gasteiger partial charge in [-0.2, -0.15) is 4.31 Å². The summed E-state index contributed by atoms with van der Waals surface area (Å²) < 4.78 is 33.4. The third-order valence-corrected chi connectivity index (χ3v) is 8.31. The number of rotatable bonds is 6. The number of piperidine rings is 1. The van der Waals surface area contributed by atoms with Gasteiger partial charge in [-0.25, -0.2) is 8.42 Å². The van der Waals surface area contributed by atoms with Crippen LogP contribution in [0.2, 0.25) is 0 Å². The predicted octanol–water partition coefficient (Wildman–Crippen LogP) is 2.11. The Morgan fingerprint density at radius 2 is 1.85 bits per heavy atom. The standard InChI is InChI=1S/C24H30N4O5S/c1-16-12-20-21(33-15-23(29)26-20)13-22(16)34(31,32)28-10-8-18(9-11-28)24(30)25-14-17-4-6-19(7-5-17)27(2)3/h4-7,12-13,18H,8-11,14-15H2,1-3H3,(H,25,30)(H,26,29). The summed E-state index contributed by atoms with van der Waals surface area (Å²) in [4.78, 5) is 26.4. The number of carbonyl (C=O) groups excluding carboxylic acids is 2. The quantitative estimate of drug-likeness (QED) is 0.648. The molecule has 0 atom stereocenters. The van der Waals surface area contributed by atoms with Gasteiger partial charge in [0.15, 0.2) is 6.61 Å². The number of amides is 2. The van der Waals surface area contributed by atoms with Gasteiger partial charge in [-0.15, -0.1) is 0 Å². The van der Waals surface area contributed by atoms with Crippen LogP contribution in [0.25, 0.3) is 0 Å². The van der Waals surface area contributed by atoms with Crippen molar-refractivity contribution in [2.24, 2.45) is 5.92 Å². The highest BCUT2D eigenvalue weighted by atomic mass is 32.2. The van der Waals surface area contributed by atoms with E-state index < -0.39 is 10.0 Å². The number of aryl methyl sites for hydroxylation is 1. The van der Waals surface area contributed by atoms with Gasteiger partial charge in [-0.3, -0.25) is 9.59 Å². The molecule has 2 aliphatic rings. The smallest absolute Gasteiger partial charge is 0.262 e. The molecule has 1 saturated heterocycles. The minimum absolute atomic E-state index is 0.0529. The first-order valence-corrected chi connectivity index (χ1v) is 12.7. The Labute approximate surface area is 200 Å². The Morgan fingerprint density at radius 1 is 1.18 bits per heavy atom. The van der Waals surface area contributed by atoms with E-state index in [0.717, 1.165) is 11.3 Å². The zero-order valence-corrected chi connectivity index (χ0v) is 20.4. The lowest BCUT2D eigenvalue weighted by atomic mass is 9.97. The van der Waals surface area contributed by atoms with Gasteiger partial charge >= 0.3 is 0 Å². The molecule has 9 nitrogen and oxygen atoms in total. The summed E-state index contributed by atoms with van der Waals surface area (Å²) in [5.74, 6) is -0.205. The molecule has 0 aromatic heterocycles. The van der Waals surface area contributed by atoms with Crippen molar-refractivity contribution in [1.29, 1.82) is 0 Å². The van der Waals surface area contributed by atoms with Gasteiger partial charge < -0.3 is 20.3 Å². The van der Waals surface area contributed by atoms with E-state index >= 15 is 0 Å². The number of hydrogen-bond donors (Lipinski definition) is 2. The molecule has 2 heterocycles. The Morgan fingerprint density at radius 3 is 2.50 bits per heavy atom. The molecule has 2 aromatic carbocycles. The predicted molar refractivity (Wildman–Crippen MR) is 129 cm³/mol. The average molecular weight is 487 g/mol. The van der Waals surface area contributed by atoms with Crippen molar-refractivity contribution in [3.8, 4) is 5.75 Å². The van der Waals surface area contributed by atoms with E-state index in [9.17, 15) is 18.0 Å². The molecule has 0 aliphatic carbocycles. The number of ether oxygens (including phenoxy) is 1. The van der Waals surface area contributed by atoms with Crippen LogP contribution in [-0.4, -0.2) is 58.3 Å². The Hall–Kier alpha value is -3.11. The zero-order valence-electron chi connectivity index (χ0n) is 19.6. The van der Waals surface area contributed by atoms with Gasteiger partial charge in [-0.05, 0) is 49.1 Å². The molecule has 1 fully saturated rings. The molecule has 2 aromatic rings. The van der Waals surface area contributed by atoms with Crippen LogP contribution in [0.3, 0.4) is 0 Å². The molecule has 0 unspecified atom stereocenters. The lowest BCUT2D eigenvalue weighted by molar-refractivity contribution is -0.126. The average Bonchev–Trinajstić information content (AvgIpc) is 2.82. The summed E-state index contributed by atoms with van der Waals surface area (Å²) in [7, 11) is 0.201. The van der Waals surface area contributed by atoms with Crippen LogP contribution in [0.1, 0.15) is 24.0 Å². The first-order chi connectivity index (χ1) is 16.1. The lowest BCUT2D eigenvalue weighted by Crippen LogP contribution is -2.43. The fourth-order valence-electron chi connectivity index (χ4n) is 4.24. The van der Waals surface area contributed by atoms with Crippen LogP contribution in [0.15, 0.2) is 41.3 Å². The highest BCUT2D eigenvalue weighted by Gasteiger charge is 2.34. The van der Waals surface area contributed by atoms with Crippen LogP contribution in [0.5, 0.6) is 5.75 Å². The molecule has 2 N–H and O–H groups in total. The van der Waals surface area contributed by atoms with Gasteiger partial charge in [0, 0.05) is 51.4 Å². The molecule has 4 rings (SSSR count). The number of hydrogen-bond acceptors (Lipinski definition) is 6. The van der Waals surface area contributed by atoms with Crippen LogP contribution in [0.4, 0.5) is 11.4 Å². The minimum atomic E-state index is -3.75. The summed E-state index contributed by atoms with van der Waals surface area (Å²) >= 11 is 0. The SMILES string of the molecule is Cc1cc2c(cc1S(=O)(=O)N1CCC(C(=O)NCc3ccc(N(C)C)cc3)CC1)OCC(=O)N2. The van der Waals surface area contributed by atoms with Gasteiger partial charge in [0.2, 0.25) is 15.9 Å². The lowest BCUT2D eigenvalue weighted by Gasteiger charge is -2.31. The van der Waals surface area contributed by atoms with Crippen LogP contribution >= 0.6 is 0 Å². The van der Waals surface area contributed by atoms with E-state index in [1.54, 1.807) is 13.0 Å². The second-order valence-electron chi connectivity index (χ2n) is 8.91. The van der Waals surface area contributed by atoms with Crippen molar-refractivity contribution >= 4 is 33.2 Å². The number of benzene rings is 2. The van der Waals surface area contributed by atoms with Crippen molar-refractivity contribution in [2.45, 2.75) is 31.2 Å². The molecule has 2 amide bonds. The molecule has 0 saturated carbocycles. The number of nitrogens with zero attached hydrogens (tertiary/aromatic N) is 2. The van der Waals surface area contributed by atoms with Gasteiger partial charge in [0.05, 0.1) is 10.6 Å². The van der Waals surface area contributed by atoms with Crippen molar-refractivity contribution in [2.75, 3.05) is 44.0 Å². The molecule has 10 heteroatoms. The van der Waals surface area contributed by atoms with Crippen LogP contribution in [-0.2, 0) is 26.2 Å². The molecular weight excluding hydrogens is 456 g/mol. The first-order valence-electron chi connectivity index (χ1n) is 11.3. The van der Waals surface area contributed by atoms with E-state index in [1.165, 1.54) is 10.4 Å². The van der Waals surface area contributed by atoms with Gasteiger partial charge in [0.1, 0.15) is 5.75 Å². The molecule has 34 heavy (non-hydrogen) atoms. The topological polar surface area (TPSA) is 108 Å². The zero-order chi connectivity index (χ0) is 24.5. The Balaban J connectivity index is 1.35. The van der Waals surface area contributed by atoms with E-state index in [0.29, 0.717) is 36.4 Å². The largest absolute Gasteiger partial charge is 0.482 e. The molecule has 182 valence electrons. The molecule has 0 radical (unpaired) electrons. The highest BCUT2D eigenvalue weighted by molar-refractivity contribution is 7.89. The van der Waals surface area contributed by atoms with E-state index in [1.807, 2.05) is 43.3 Å². The number of carbonyl (C=O) groups is 2. The third-order valence-electron chi connectivity index (χ3n) is 6.27. The monoisotopic (exact) mass is 486 g/mol. The number of anilines is 2. The minimum Gasteiger partial charge on any atom is -0.482 e. The van der Waals surface area contributed by atoms with Gasteiger partial charge in [0.25, 0.3) is 5.91 Å². The fourth-order valence-corrected chi connectivity index (χ4v) is 5.93. The second-order valence-corrected chi connectivity index (χ2v) is 10.8. The van der Waals surface area contributed by atoms with Crippen molar-refractivity contribution in [3.63, 3.8) is 0 Å². The summed E-state index contributed by atoms with van der Waals surface area (Å²) in [6.07, 6.45) is 0.919. The van der Waals surface area contributed by atoms with E-state index in [2.05, 4.69) is 10.6 Å². The summed E-state index contributed by atoms with van der Waals surface area (Å²) in [5, 5.41) is 5.67. The molecule has 0 spiro atoms. The molecule has 2 aliphatic heterocycles. The summed E-state index contributed by atoms with van der Waals surface area (Å²) in [6.45, 7) is 2.53. The normalized spacial score (nSPS) is 16.9. The molecule has 0 bridgehead atoms. The maximum absolute atomic E-state index is 13.3. The van der Waals surface area contributed by atoms with Crippen LogP contribution < -0.4 is 20.3 Å². The highest BCUT2D eigenvalue weighted by Crippen LogP contribution is 2.35. The summed E-state index contributed by atoms with van der Waals surface area (Å²) in [5.41, 5.74) is 3.11. The third kappa shape index (κ3) is 5.02. The Kier molecular flexibility index (Phi) is 6.81. The molecular formula is C24H30N4O5S. The number of sulfonamides is 1. The van der Waals surface area contributed by atoms with Crippen molar-refractivity contribution < 1.29 is 22.7 Å². The number of fused-ring (bicyclic) bond motifs is 1. The number of nitrogens with one attached hydrogen (secondary N) is 2. The van der Waals surface area contributed by atoms with Gasteiger partial charge in [-0.1, -0.05) is 12.1 Å². The second kappa shape index (κ2) is 9.63. The summed E-state index contributed by atoms with van der Waals surface area (Å²) in [6, 6.07) is 11.1. The van der Waals surface area contributed by atoms with E-state index in [4.69, 9.17) is 4.74 Å². The van der Waals surface area contributed by atoms with Crippen molar-refractivity contribution in [1.82, 2.24) is 9.62 Å². The van der Waals surface area contributed by atoms with E-state index in [-0.39, 0.29) is 42.3 Å².